The van der Waals surface area contributed by atoms with Crippen molar-refractivity contribution < 1.29 is 4.79 Å². The van der Waals surface area contributed by atoms with Gasteiger partial charge in [0.15, 0.2) is 0 Å². The molecular weight excluding hydrogens is 333 g/mol. The van der Waals surface area contributed by atoms with Crippen molar-refractivity contribution in [1.29, 1.82) is 0 Å². The highest BCUT2D eigenvalue weighted by molar-refractivity contribution is 6.35. The van der Waals surface area contributed by atoms with Gasteiger partial charge in [0.25, 0.3) is 0 Å². The van der Waals surface area contributed by atoms with E-state index in [9.17, 15) is 4.79 Å². The molecule has 2 rings (SSSR count). The lowest BCUT2D eigenvalue weighted by molar-refractivity contribution is -0.120. The summed E-state index contributed by atoms with van der Waals surface area (Å²) in [5, 5.41) is 7.32. The molecule has 0 fully saturated rings. The Morgan fingerprint density at radius 2 is 2.00 bits per heavy atom. The Labute approximate surface area is 146 Å². The van der Waals surface area contributed by atoms with Crippen molar-refractivity contribution in [3.8, 4) is 0 Å². The fourth-order valence-electron chi connectivity index (χ4n) is 2.07. The molecule has 0 aliphatic heterocycles. The van der Waals surface area contributed by atoms with Crippen molar-refractivity contribution in [1.82, 2.24) is 15.6 Å². The van der Waals surface area contributed by atoms with Crippen LogP contribution in [0.3, 0.4) is 0 Å². The standard InChI is InChI=1S/C17H19Cl2N3O/c18-14-5-4-13(16(19)11-14)6-10-22-17(23)7-9-20-12-15-3-1-2-8-21-15/h1-5,8,11,20H,6-7,9-10,12H2,(H,22,23). The van der Waals surface area contributed by atoms with E-state index in [1.54, 1.807) is 18.3 Å². The predicted octanol–water partition coefficient (Wildman–Crippen LogP) is 3.23. The smallest absolute Gasteiger partial charge is 0.221 e. The minimum atomic E-state index is 0.0172. The third kappa shape index (κ3) is 6.57. The topological polar surface area (TPSA) is 54.0 Å². The fourth-order valence-corrected chi connectivity index (χ4v) is 2.57. The highest BCUT2D eigenvalue weighted by atomic mass is 35.5. The highest BCUT2D eigenvalue weighted by Gasteiger charge is 2.04. The third-order valence-corrected chi connectivity index (χ3v) is 3.88. The van der Waals surface area contributed by atoms with E-state index in [2.05, 4.69) is 15.6 Å². The number of hydrogen-bond acceptors (Lipinski definition) is 3. The Bertz CT molecular complexity index is 635. The molecule has 0 unspecified atom stereocenters. The Balaban J connectivity index is 1.60. The Morgan fingerprint density at radius 3 is 2.74 bits per heavy atom. The largest absolute Gasteiger partial charge is 0.356 e. The van der Waals surface area contributed by atoms with E-state index < -0.39 is 0 Å². The minimum absolute atomic E-state index is 0.0172. The van der Waals surface area contributed by atoms with Gasteiger partial charge in [-0.1, -0.05) is 35.3 Å². The second-order valence-corrected chi connectivity index (χ2v) is 5.93. The number of rotatable bonds is 8. The van der Waals surface area contributed by atoms with Gasteiger partial charge in [-0.3, -0.25) is 9.78 Å². The summed E-state index contributed by atoms with van der Waals surface area (Å²) >= 11 is 11.9. The summed E-state index contributed by atoms with van der Waals surface area (Å²) in [6.45, 7) is 1.83. The third-order valence-electron chi connectivity index (χ3n) is 3.29. The second-order valence-electron chi connectivity index (χ2n) is 5.08. The first kappa shape index (κ1) is 17.7. The van der Waals surface area contributed by atoms with Crippen LogP contribution in [0.1, 0.15) is 17.7 Å². The number of pyridine rings is 1. The second kappa shape index (κ2) is 9.50. The number of benzene rings is 1. The van der Waals surface area contributed by atoms with Crippen LogP contribution < -0.4 is 10.6 Å². The molecule has 0 saturated heterocycles. The van der Waals surface area contributed by atoms with E-state index >= 15 is 0 Å². The molecule has 0 spiro atoms. The summed E-state index contributed by atoms with van der Waals surface area (Å²) in [7, 11) is 0. The van der Waals surface area contributed by atoms with Crippen molar-refractivity contribution in [2.24, 2.45) is 0 Å². The number of nitrogens with zero attached hydrogens (tertiary/aromatic N) is 1. The van der Waals surface area contributed by atoms with Crippen LogP contribution >= 0.6 is 23.2 Å². The monoisotopic (exact) mass is 351 g/mol. The number of carbonyl (C=O) groups excluding carboxylic acids is 1. The molecule has 1 aromatic heterocycles. The van der Waals surface area contributed by atoms with E-state index in [1.165, 1.54) is 0 Å². The predicted molar refractivity (Wildman–Crippen MR) is 93.7 cm³/mol. The van der Waals surface area contributed by atoms with Crippen LogP contribution in [-0.4, -0.2) is 24.0 Å². The van der Waals surface area contributed by atoms with Gasteiger partial charge in [0, 0.05) is 42.3 Å². The number of nitrogens with one attached hydrogen (secondary N) is 2. The normalized spacial score (nSPS) is 10.5. The molecule has 0 aliphatic carbocycles. The summed E-state index contributed by atoms with van der Waals surface area (Å²) in [4.78, 5) is 16.0. The van der Waals surface area contributed by atoms with E-state index in [-0.39, 0.29) is 5.91 Å². The molecule has 0 bridgehead atoms. The molecule has 1 amide bonds. The molecule has 2 N–H and O–H groups in total. The average molecular weight is 352 g/mol. The Morgan fingerprint density at radius 1 is 1.13 bits per heavy atom. The maximum atomic E-state index is 11.8. The van der Waals surface area contributed by atoms with Crippen LogP contribution in [0.2, 0.25) is 10.0 Å². The Kier molecular flexibility index (Phi) is 7.33. The van der Waals surface area contributed by atoms with Crippen molar-refractivity contribution in [3.63, 3.8) is 0 Å². The number of carbonyl (C=O) groups is 1. The minimum Gasteiger partial charge on any atom is -0.356 e. The summed E-state index contributed by atoms with van der Waals surface area (Å²) in [6, 6.07) is 11.2. The van der Waals surface area contributed by atoms with E-state index in [4.69, 9.17) is 23.2 Å². The fraction of sp³-hybridized carbons (Fsp3) is 0.294. The van der Waals surface area contributed by atoms with Gasteiger partial charge in [0.05, 0.1) is 5.69 Å². The van der Waals surface area contributed by atoms with E-state index in [0.717, 1.165) is 11.3 Å². The van der Waals surface area contributed by atoms with Crippen LogP contribution in [0.25, 0.3) is 0 Å². The van der Waals surface area contributed by atoms with Gasteiger partial charge in [-0.15, -0.1) is 0 Å². The quantitative estimate of drug-likeness (QED) is 0.718. The number of amides is 1. The van der Waals surface area contributed by atoms with Gasteiger partial charge in [0.1, 0.15) is 0 Å². The number of aromatic nitrogens is 1. The van der Waals surface area contributed by atoms with Crippen LogP contribution in [-0.2, 0) is 17.8 Å². The lowest BCUT2D eigenvalue weighted by Gasteiger charge is -2.08. The zero-order valence-electron chi connectivity index (χ0n) is 12.7. The SMILES string of the molecule is O=C(CCNCc1ccccn1)NCCc1ccc(Cl)cc1Cl. The Hall–Kier alpha value is -1.62. The van der Waals surface area contributed by atoms with Crippen molar-refractivity contribution in [2.75, 3.05) is 13.1 Å². The zero-order valence-corrected chi connectivity index (χ0v) is 14.2. The first-order valence-corrected chi connectivity index (χ1v) is 8.22. The average Bonchev–Trinajstić information content (AvgIpc) is 2.55. The summed E-state index contributed by atoms with van der Waals surface area (Å²) in [6.07, 6.45) is 2.87. The van der Waals surface area contributed by atoms with Gasteiger partial charge >= 0.3 is 0 Å². The molecule has 23 heavy (non-hydrogen) atoms. The first-order valence-electron chi connectivity index (χ1n) is 7.46. The van der Waals surface area contributed by atoms with E-state index in [0.29, 0.717) is 42.5 Å². The molecule has 0 saturated carbocycles. The summed E-state index contributed by atoms with van der Waals surface area (Å²) in [5.74, 6) is 0.0172. The molecular formula is C17H19Cl2N3O. The molecule has 122 valence electrons. The van der Waals surface area contributed by atoms with Gasteiger partial charge in [-0.05, 0) is 36.2 Å². The lowest BCUT2D eigenvalue weighted by atomic mass is 10.1. The van der Waals surface area contributed by atoms with Crippen LogP contribution in [0.5, 0.6) is 0 Å². The summed E-state index contributed by atoms with van der Waals surface area (Å²) < 4.78 is 0. The highest BCUT2D eigenvalue weighted by Crippen LogP contribution is 2.20. The molecule has 2 aromatic rings. The van der Waals surface area contributed by atoms with Gasteiger partial charge < -0.3 is 10.6 Å². The zero-order chi connectivity index (χ0) is 16.5. The van der Waals surface area contributed by atoms with Crippen LogP contribution in [0.4, 0.5) is 0 Å². The van der Waals surface area contributed by atoms with Gasteiger partial charge in [0.2, 0.25) is 5.91 Å². The maximum absolute atomic E-state index is 11.8. The van der Waals surface area contributed by atoms with Crippen molar-refractivity contribution >= 4 is 29.1 Å². The number of halogens is 2. The maximum Gasteiger partial charge on any atom is 0.221 e. The number of hydrogen-bond donors (Lipinski definition) is 2. The molecule has 1 aromatic carbocycles. The molecule has 1 heterocycles. The van der Waals surface area contributed by atoms with Gasteiger partial charge in [-0.25, -0.2) is 0 Å². The molecule has 0 aliphatic rings. The van der Waals surface area contributed by atoms with Crippen molar-refractivity contribution in [2.45, 2.75) is 19.4 Å². The summed E-state index contributed by atoms with van der Waals surface area (Å²) in [5.41, 5.74) is 1.94. The van der Waals surface area contributed by atoms with E-state index in [1.807, 2.05) is 24.3 Å². The van der Waals surface area contributed by atoms with Gasteiger partial charge in [-0.2, -0.15) is 0 Å². The molecule has 0 atom stereocenters. The lowest BCUT2D eigenvalue weighted by Crippen LogP contribution is -2.29. The molecule has 6 heteroatoms. The van der Waals surface area contributed by atoms with Crippen molar-refractivity contribution in [3.05, 3.63) is 63.9 Å². The van der Waals surface area contributed by atoms with Crippen LogP contribution in [0, 0.1) is 0 Å². The first-order chi connectivity index (χ1) is 11.1. The molecule has 0 radical (unpaired) electrons. The molecule has 4 nitrogen and oxygen atoms in total. The van der Waals surface area contributed by atoms with Crippen LogP contribution in [0.15, 0.2) is 42.6 Å².